The van der Waals surface area contributed by atoms with Crippen molar-refractivity contribution >= 4 is 34.6 Å². The van der Waals surface area contributed by atoms with Crippen LogP contribution in [-0.2, 0) is 4.74 Å². The first-order valence-electron chi connectivity index (χ1n) is 7.20. The molecule has 132 valence electrons. The molecule has 0 radical (unpaired) electrons. The van der Waals surface area contributed by atoms with Crippen molar-refractivity contribution in [3.63, 3.8) is 0 Å². The molecule has 25 heavy (non-hydrogen) atoms. The number of nitro groups is 1. The van der Waals surface area contributed by atoms with Gasteiger partial charge in [-0.25, -0.2) is 4.39 Å². The van der Waals surface area contributed by atoms with Crippen LogP contribution in [0.5, 0.6) is 0 Å². The Morgan fingerprint density at radius 2 is 2.08 bits per heavy atom. The summed E-state index contributed by atoms with van der Waals surface area (Å²) in [6.45, 7) is 0.740. The molecule has 0 aliphatic carbocycles. The van der Waals surface area contributed by atoms with Crippen LogP contribution in [0.4, 0.5) is 21.5 Å². The fraction of sp³-hybridized carbons (Fsp3) is 0.188. The summed E-state index contributed by atoms with van der Waals surface area (Å²) in [6, 6.07) is 8.10. The molecule has 0 bridgehead atoms. The summed E-state index contributed by atoms with van der Waals surface area (Å²) in [5.41, 5.74) is -0.103. The fourth-order valence-corrected chi connectivity index (χ4v) is 2.23. The molecule has 2 N–H and O–H groups in total. The first-order valence-corrected chi connectivity index (χ1v) is 7.58. The Kier molecular flexibility index (Phi) is 6.26. The quantitative estimate of drug-likeness (QED) is 0.442. The summed E-state index contributed by atoms with van der Waals surface area (Å²) >= 11 is 5.66. The van der Waals surface area contributed by atoms with Crippen LogP contribution in [0.3, 0.4) is 0 Å². The summed E-state index contributed by atoms with van der Waals surface area (Å²) in [5.74, 6) is -1.46. The zero-order valence-electron chi connectivity index (χ0n) is 13.2. The number of hydrogen-bond acceptors (Lipinski definition) is 5. The third-order valence-corrected chi connectivity index (χ3v) is 3.57. The molecule has 0 aliphatic rings. The summed E-state index contributed by atoms with van der Waals surface area (Å²) in [7, 11) is 1.51. The third kappa shape index (κ3) is 4.65. The van der Waals surface area contributed by atoms with E-state index >= 15 is 0 Å². The van der Waals surface area contributed by atoms with Crippen molar-refractivity contribution in [3.8, 4) is 0 Å². The number of hydrogen-bond donors (Lipinski definition) is 2. The van der Waals surface area contributed by atoms with Gasteiger partial charge in [-0.3, -0.25) is 14.9 Å². The van der Waals surface area contributed by atoms with Crippen LogP contribution in [-0.4, -0.2) is 31.1 Å². The van der Waals surface area contributed by atoms with Gasteiger partial charge in [-0.05, 0) is 24.3 Å². The van der Waals surface area contributed by atoms with E-state index in [2.05, 4.69) is 10.6 Å². The van der Waals surface area contributed by atoms with Crippen molar-refractivity contribution < 1.29 is 18.8 Å². The van der Waals surface area contributed by atoms with Gasteiger partial charge in [-0.2, -0.15) is 0 Å². The lowest BCUT2D eigenvalue weighted by atomic mass is 10.1. The van der Waals surface area contributed by atoms with E-state index in [1.54, 1.807) is 0 Å². The lowest BCUT2D eigenvalue weighted by molar-refractivity contribution is -0.384. The topological polar surface area (TPSA) is 93.5 Å². The largest absolute Gasteiger partial charge is 0.383 e. The molecular formula is C16H15ClFN3O4. The number of benzene rings is 2. The van der Waals surface area contributed by atoms with E-state index in [1.165, 1.54) is 37.4 Å². The van der Waals surface area contributed by atoms with Gasteiger partial charge in [-0.15, -0.1) is 0 Å². The summed E-state index contributed by atoms with van der Waals surface area (Å²) in [5, 5.41) is 16.3. The van der Waals surface area contributed by atoms with E-state index in [0.717, 1.165) is 6.07 Å². The molecule has 9 heteroatoms. The Balaban J connectivity index is 2.23. The number of amides is 1. The van der Waals surface area contributed by atoms with Gasteiger partial charge in [0.25, 0.3) is 11.6 Å². The van der Waals surface area contributed by atoms with Crippen LogP contribution >= 0.6 is 11.6 Å². The van der Waals surface area contributed by atoms with E-state index in [9.17, 15) is 19.3 Å². The summed E-state index contributed by atoms with van der Waals surface area (Å²) in [6.07, 6.45) is 0. The molecule has 1 amide bonds. The lowest BCUT2D eigenvalue weighted by Crippen LogP contribution is -2.14. The molecule has 0 fully saturated rings. The van der Waals surface area contributed by atoms with Crippen molar-refractivity contribution in [1.29, 1.82) is 0 Å². The first-order chi connectivity index (χ1) is 11.9. The van der Waals surface area contributed by atoms with Gasteiger partial charge in [0.15, 0.2) is 5.82 Å². The van der Waals surface area contributed by atoms with Crippen LogP contribution in [0.15, 0.2) is 36.4 Å². The van der Waals surface area contributed by atoms with Gasteiger partial charge in [-0.1, -0.05) is 17.7 Å². The van der Waals surface area contributed by atoms with Crippen molar-refractivity contribution in [1.82, 2.24) is 0 Å². The number of nitro benzene ring substituents is 1. The molecule has 0 saturated heterocycles. The van der Waals surface area contributed by atoms with Gasteiger partial charge in [0.05, 0.1) is 22.2 Å². The molecule has 0 unspecified atom stereocenters. The second-order valence-corrected chi connectivity index (χ2v) is 5.37. The van der Waals surface area contributed by atoms with Gasteiger partial charge < -0.3 is 15.4 Å². The van der Waals surface area contributed by atoms with E-state index in [4.69, 9.17) is 16.3 Å². The monoisotopic (exact) mass is 367 g/mol. The van der Waals surface area contributed by atoms with Gasteiger partial charge in [0, 0.05) is 25.3 Å². The molecular weight excluding hydrogens is 353 g/mol. The number of ether oxygens (including phenoxy) is 1. The minimum atomic E-state index is -0.773. The molecule has 0 aliphatic heterocycles. The molecule has 0 spiro atoms. The van der Waals surface area contributed by atoms with Crippen LogP contribution in [0, 0.1) is 15.9 Å². The number of carbonyl (C=O) groups excluding carboxylic acids is 1. The van der Waals surface area contributed by atoms with Crippen molar-refractivity contribution in [3.05, 3.63) is 62.9 Å². The molecule has 0 atom stereocenters. The Morgan fingerprint density at radius 1 is 1.32 bits per heavy atom. The predicted octanol–water partition coefficient (Wildman–Crippen LogP) is 3.70. The molecule has 7 nitrogen and oxygen atoms in total. The zero-order chi connectivity index (χ0) is 18.4. The maximum absolute atomic E-state index is 13.8. The summed E-state index contributed by atoms with van der Waals surface area (Å²) < 4.78 is 18.7. The van der Waals surface area contributed by atoms with Crippen LogP contribution in [0.1, 0.15) is 10.4 Å². The minimum Gasteiger partial charge on any atom is -0.383 e. The maximum Gasteiger partial charge on any atom is 0.293 e. The van der Waals surface area contributed by atoms with Gasteiger partial charge >= 0.3 is 0 Å². The smallest absolute Gasteiger partial charge is 0.293 e. The highest BCUT2D eigenvalue weighted by Crippen LogP contribution is 2.27. The molecule has 2 aromatic carbocycles. The predicted molar refractivity (Wildman–Crippen MR) is 92.8 cm³/mol. The molecule has 2 rings (SSSR count). The standard InChI is InChI=1S/C16H15ClFN3O4/c1-25-8-7-19-12-6-5-10(9-14(12)21(23)24)16(22)20-13-4-2-3-11(17)15(13)18/h2-6,9,19H,7-8H2,1H3,(H,20,22). The van der Waals surface area contributed by atoms with Gasteiger partial charge in [0.2, 0.25) is 0 Å². The number of carbonyl (C=O) groups is 1. The van der Waals surface area contributed by atoms with E-state index in [0.29, 0.717) is 13.2 Å². The average Bonchev–Trinajstić information content (AvgIpc) is 2.59. The zero-order valence-corrected chi connectivity index (χ0v) is 14.0. The van der Waals surface area contributed by atoms with E-state index in [-0.39, 0.29) is 27.6 Å². The van der Waals surface area contributed by atoms with E-state index in [1.807, 2.05) is 0 Å². The highest BCUT2D eigenvalue weighted by atomic mass is 35.5. The Bertz CT molecular complexity index is 801. The summed E-state index contributed by atoms with van der Waals surface area (Å²) in [4.78, 5) is 22.8. The first kappa shape index (κ1) is 18.6. The molecule has 0 aromatic heterocycles. The maximum atomic E-state index is 13.8. The molecule has 0 heterocycles. The minimum absolute atomic E-state index is 0.0170. The number of nitrogens with zero attached hydrogens (tertiary/aromatic N) is 1. The Hall–Kier alpha value is -2.71. The number of anilines is 2. The van der Waals surface area contributed by atoms with Gasteiger partial charge in [0.1, 0.15) is 5.69 Å². The normalized spacial score (nSPS) is 10.4. The fourth-order valence-electron chi connectivity index (χ4n) is 2.06. The second-order valence-electron chi connectivity index (χ2n) is 4.96. The number of methoxy groups -OCH3 is 1. The van der Waals surface area contributed by atoms with Crippen molar-refractivity contribution in [2.24, 2.45) is 0 Å². The average molecular weight is 368 g/mol. The number of rotatable bonds is 7. The second kappa shape index (κ2) is 8.41. The highest BCUT2D eigenvalue weighted by Gasteiger charge is 2.18. The molecule has 2 aromatic rings. The number of halogens is 2. The number of nitrogens with one attached hydrogen (secondary N) is 2. The van der Waals surface area contributed by atoms with Crippen LogP contribution in [0.2, 0.25) is 5.02 Å². The van der Waals surface area contributed by atoms with Crippen LogP contribution in [0.25, 0.3) is 0 Å². The van der Waals surface area contributed by atoms with Crippen molar-refractivity contribution in [2.75, 3.05) is 30.9 Å². The van der Waals surface area contributed by atoms with E-state index < -0.39 is 16.6 Å². The molecule has 0 saturated carbocycles. The Labute approximate surface area is 147 Å². The lowest BCUT2D eigenvalue weighted by Gasteiger charge is -2.10. The highest BCUT2D eigenvalue weighted by molar-refractivity contribution is 6.31. The third-order valence-electron chi connectivity index (χ3n) is 3.28. The SMILES string of the molecule is COCCNc1ccc(C(=O)Nc2cccc(Cl)c2F)cc1[N+](=O)[O-]. The Morgan fingerprint density at radius 3 is 2.76 bits per heavy atom. The van der Waals surface area contributed by atoms with Crippen molar-refractivity contribution in [2.45, 2.75) is 0 Å². The van der Waals surface area contributed by atoms with Crippen LogP contribution < -0.4 is 10.6 Å².